The van der Waals surface area contributed by atoms with Crippen molar-refractivity contribution in [1.82, 2.24) is 10.2 Å². The summed E-state index contributed by atoms with van der Waals surface area (Å²) in [6.07, 6.45) is 1.93. The predicted octanol–water partition coefficient (Wildman–Crippen LogP) is 3.33. The topological polar surface area (TPSA) is 64.1 Å². The van der Waals surface area contributed by atoms with Crippen LogP contribution in [0.25, 0.3) is 0 Å². The maximum atomic E-state index is 12.1. The molecular formula is C12H12BrN3O2S2. The fourth-order valence-electron chi connectivity index (χ4n) is 1.46. The molecule has 0 saturated heterocycles. The molecule has 0 aliphatic rings. The van der Waals surface area contributed by atoms with Crippen LogP contribution >= 0.6 is 39.0 Å². The van der Waals surface area contributed by atoms with E-state index < -0.39 is 0 Å². The van der Waals surface area contributed by atoms with E-state index in [0.29, 0.717) is 16.4 Å². The number of methoxy groups -OCH3 is 1. The number of ketones is 1. The van der Waals surface area contributed by atoms with Gasteiger partial charge in [0.1, 0.15) is 5.75 Å². The van der Waals surface area contributed by atoms with Crippen LogP contribution in [0.1, 0.15) is 10.4 Å². The summed E-state index contributed by atoms with van der Waals surface area (Å²) in [5.41, 5.74) is 0.611. The van der Waals surface area contributed by atoms with Crippen LogP contribution < -0.4 is 10.1 Å². The van der Waals surface area contributed by atoms with E-state index in [1.54, 1.807) is 25.3 Å². The molecule has 2 aromatic rings. The van der Waals surface area contributed by atoms with Gasteiger partial charge in [0.05, 0.1) is 18.1 Å². The van der Waals surface area contributed by atoms with Gasteiger partial charge >= 0.3 is 0 Å². The van der Waals surface area contributed by atoms with Gasteiger partial charge in [-0.2, -0.15) is 0 Å². The zero-order valence-corrected chi connectivity index (χ0v) is 14.1. The summed E-state index contributed by atoms with van der Waals surface area (Å²) in [6.45, 7) is 0.182. The Balaban J connectivity index is 1.99. The fraction of sp³-hybridized carbons (Fsp3) is 0.250. The Hall–Kier alpha value is -1.12. The van der Waals surface area contributed by atoms with Crippen molar-refractivity contribution in [3.63, 3.8) is 0 Å². The van der Waals surface area contributed by atoms with Gasteiger partial charge in [0.15, 0.2) is 10.1 Å². The van der Waals surface area contributed by atoms with Crippen LogP contribution in [0.3, 0.4) is 0 Å². The van der Waals surface area contributed by atoms with Gasteiger partial charge in [0, 0.05) is 5.56 Å². The molecule has 0 amide bonds. The molecule has 1 aromatic heterocycles. The van der Waals surface area contributed by atoms with Crippen molar-refractivity contribution in [2.45, 2.75) is 4.34 Å². The molecule has 1 heterocycles. The number of halogens is 1. The van der Waals surface area contributed by atoms with Crippen LogP contribution in [0.2, 0.25) is 0 Å². The van der Waals surface area contributed by atoms with Crippen molar-refractivity contribution in [2.75, 3.05) is 25.2 Å². The average molecular weight is 374 g/mol. The van der Waals surface area contributed by atoms with E-state index >= 15 is 0 Å². The summed E-state index contributed by atoms with van der Waals surface area (Å²) in [5, 5.41) is 11.5. The number of aromatic nitrogens is 2. The summed E-state index contributed by atoms with van der Waals surface area (Å²) in [5.74, 6) is 0.678. The first-order valence-corrected chi connectivity index (χ1v) is 8.45. The van der Waals surface area contributed by atoms with Gasteiger partial charge in [0.2, 0.25) is 5.13 Å². The predicted molar refractivity (Wildman–Crippen MR) is 85.2 cm³/mol. The van der Waals surface area contributed by atoms with Crippen molar-refractivity contribution in [1.29, 1.82) is 0 Å². The number of hydrogen-bond acceptors (Lipinski definition) is 7. The van der Waals surface area contributed by atoms with Crippen molar-refractivity contribution in [3.8, 4) is 5.75 Å². The Morgan fingerprint density at radius 2 is 2.30 bits per heavy atom. The Kier molecular flexibility index (Phi) is 5.38. The van der Waals surface area contributed by atoms with Gasteiger partial charge in [-0.3, -0.25) is 4.79 Å². The highest BCUT2D eigenvalue weighted by Crippen LogP contribution is 2.26. The summed E-state index contributed by atoms with van der Waals surface area (Å²) in [7, 11) is 1.59. The molecule has 5 nitrogen and oxygen atoms in total. The molecule has 1 N–H and O–H groups in total. The number of ether oxygens (including phenoxy) is 1. The largest absolute Gasteiger partial charge is 0.496 e. The Morgan fingerprint density at radius 1 is 1.50 bits per heavy atom. The van der Waals surface area contributed by atoms with Crippen molar-refractivity contribution < 1.29 is 9.53 Å². The highest BCUT2D eigenvalue weighted by atomic mass is 79.9. The highest BCUT2D eigenvalue weighted by Gasteiger charge is 2.10. The molecule has 106 valence electrons. The Labute approximate surface area is 133 Å². The number of hydrogen-bond donors (Lipinski definition) is 1. The first-order chi connectivity index (χ1) is 9.63. The van der Waals surface area contributed by atoms with Crippen molar-refractivity contribution in [2.24, 2.45) is 0 Å². The highest BCUT2D eigenvalue weighted by molar-refractivity contribution is 9.10. The van der Waals surface area contributed by atoms with E-state index in [0.717, 1.165) is 8.81 Å². The number of rotatable bonds is 6. The van der Waals surface area contributed by atoms with Crippen LogP contribution in [-0.2, 0) is 0 Å². The maximum Gasteiger partial charge on any atom is 0.206 e. The molecule has 2 rings (SSSR count). The monoisotopic (exact) mass is 373 g/mol. The second kappa shape index (κ2) is 7.05. The standard InChI is InChI=1S/C12H12BrN3O2S2/c1-18-10-4-3-7(5-8(10)13)9(17)6-14-11-15-16-12(19-2)20-11/h3-5H,6H2,1-2H3,(H,14,15). The third-order valence-electron chi connectivity index (χ3n) is 2.46. The van der Waals surface area contributed by atoms with Crippen molar-refractivity contribution >= 4 is 49.9 Å². The van der Waals surface area contributed by atoms with Crippen LogP contribution in [0.4, 0.5) is 5.13 Å². The minimum atomic E-state index is -0.0192. The number of Topliss-reactive ketones (excluding diaryl/α,β-unsaturated/α-hetero) is 1. The second-order valence-corrected chi connectivity index (χ2v) is 6.59. The molecule has 0 unspecified atom stereocenters. The first-order valence-electron chi connectivity index (χ1n) is 5.62. The molecule has 0 fully saturated rings. The summed E-state index contributed by atoms with van der Waals surface area (Å²) >= 11 is 6.32. The average Bonchev–Trinajstić information content (AvgIpc) is 2.92. The maximum absolute atomic E-state index is 12.1. The van der Waals surface area contributed by atoms with Gasteiger partial charge in [0.25, 0.3) is 0 Å². The van der Waals surface area contributed by atoms with E-state index in [2.05, 4.69) is 31.4 Å². The lowest BCUT2D eigenvalue weighted by atomic mass is 10.1. The minimum Gasteiger partial charge on any atom is -0.496 e. The number of anilines is 1. The van der Waals surface area contributed by atoms with E-state index in [-0.39, 0.29) is 12.3 Å². The van der Waals surface area contributed by atoms with Gasteiger partial charge < -0.3 is 10.1 Å². The molecule has 20 heavy (non-hydrogen) atoms. The van der Waals surface area contributed by atoms with Crippen LogP contribution in [0.15, 0.2) is 27.0 Å². The Morgan fingerprint density at radius 3 is 2.90 bits per heavy atom. The zero-order chi connectivity index (χ0) is 14.5. The van der Waals surface area contributed by atoms with Crippen LogP contribution in [-0.4, -0.2) is 35.9 Å². The molecule has 0 aliphatic heterocycles. The Bertz CT molecular complexity index is 618. The lowest BCUT2D eigenvalue weighted by Crippen LogP contribution is -2.13. The summed E-state index contributed by atoms with van der Waals surface area (Å²) < 4.78 is 6.76. The summed E-state index contributed by atoms with van der Waals surface area (Å²) in [6, 6.07) is 5.24. The number of benzene rings is 1. The SMILES string of the molecule is COc1ccc(C(=O)CNc2nnc(SC)s2)cc1Br. The molecule has 0 saturated carbocycles. The molecular weight excluding hydrogens is 362 g/mol. The molecule has 1 aromatic carbocycles. The molecule has 8 heteroatoms. The van der Waals surface area contributed by atoms with Gasteiger partial charge in [-0.15, -0.1) is 10.2 Å². The smallest absolute Gasteiger partial charge is 0.206 e. The van der Waals surface area contributed by atoms with E-state index in [4.69, 9.17) is 4.74 Å². The summed E-state index contributed by atoms with van der Waals surface area (Å²) in [4.78, 5) is 12.1. The minimum absolute atomic E-state index is 0.0192. The third-order valence-corrected chi connectivity index (χ3v) is 4.93. The van der Waals surface area contributed by atoms with Gasteiger partial charge in [-0.1, -0.05) is 23.1 Å². The van der Waals surface area contributed by atoms with E-state index in [1.807, 2.05) is 6.26 Å². The molecule has 0 bridgehead atoms. The second-order valence-electron chi connectivity index (χ2n) is 3.70. The fourth-order valence-corrected chi connectivity index (χ4v) is 3.17. The number of carbonyl (C=O) groups is 1. The normalized spacial score (nSPS) is 10.3. The van der Waals surface area contributed by atoms with Gasteiger partial charge in [-0.05, 0) is 40.4 Å². The first kappa shape index (κ1) is 15.3. The quantitative estimate of drug-likeness (QED) is 0.618. The number of nitrogens with zero attached hydrogens (tertiary/aromatic N) is 2. The van der Waals surface area contributed by atoms with Crippen LogP contribution in [0.5, 0.6) is 5.75 Å². The lowest BCUT2D eigenvalue weighted by Gasteiger charge is -2.06. The molecule has 0 radical (unpaired) electrons. The molecule has 0 atom stereocenters. The molecule has 0 aliphatic carbocycles. The van der Waals surface area contributed by atoms with E-state index in [9.17, 15) is 4.79 Å². The molecule has 0 spiro atoms. The number of carbonyl (C=O) groups excluding carboxylic acids is 1. The van der Waals surface area contributed by atoms with Gasteiger partial charge in [-0.25, -0.2) is 0 Å². The lowest BCUT2D eigenvalue weighted by molar-refractivity contribution is 0.101. The third kappa shape index (κ3) is 3.71. The van der Waals surface area contributed by atoms with E-state index in [1.165, 1.54) is 23.1 Å². The number of thioether (sulfide) groups is 1. The van der Waals surface area contributed by atoms with Crippen molar-refractivity contribution in [3.05, 3.63) is 28.2 Å². The number of nitrogens with one attached hydrogen (secondary N) is 1. The van der Waals surface area contributed by atoms with Crippen LogP contribution in [0, 0.1) is 0 Å². The zero-order valence-electron chi connectivity index (χ0n) is 10.8.